The summed E-state index contributed by atoms with van der Waals surface area (Å²) in [7, 11) is 0. The Morgan fingerprint density at radius 3 is 2.36 bits per heavy atom. The van der Waals surface area contributed by atoms with Crippen LogP contribution in [-0.4, -0.2) is 40.0 Å². The maximum atomic E-state index is 13.0. The first-order valence-electron chi connectivity index (χ1n) is 9.67. The van der Waals surface area contributed by atoms with Crippen LogP contribution in [0.4, 0.5) is 0 Å². The zero-order valence-electron chi connectivity index (χ0n) is 15.7. The van der Waals surface area contributed by atoms with Gasteiger partial charge in [0, 0.05) is 18.4 Å². The topological polar surface area (TPSA) is 53.1 Å². The Bertz CT molecular complexity index is 975. The van der Waals surface area contributed by atoms with Crippen LogP contribution in [0.2, 0.25) is 0 Å². The smallest absolute Gasteiger partial charge is 0.269 e. The minimum atomic E-state index is -0.128. The highest BCUT2D eigenvalue weighted by Gasteiger charge is 2.24. The Balaban J connectivity index is 1.54. The zero-order chi connectivity index (χ0) is 19.3. The number of carbonyl (C=O) groups excluding carboxylic acids is 1. The van der Waals surface area contributed by atoms with Crippen molar-refractivity contribution >= 4 is 18.1 Å². The van der Waals surface area contributed by atoms with E-state index in [2.05, 4.69) is 39.5 Å². The molecular weight excluding hydrogens is 368 g/mol. The molecular formula is C22H24N4OS. The molecule has 2 aromatic carbocycles. The van der Waals surface area contributed by atoms with Gasteiger partial charge in [-0.05, 0) is 55.8 Å². The number of nitrogens with one attached hydrogen (secondary N) is 2. The molecule has 5 nitrogen and oxygen atoms in total. The molecule has 0 unspecified atom stereocenters. The summed E-state index contributed by atoms with van der Waals surface area (Å²) in [5.41, 5.74) is 2.63. The summed E-state index contributed by atoms with van der Waals surface area (Å²) >= 11 is 5.39. The predicted molar refractivity (Wildman–Crippen MR) is 113 cm³/mol. The zero-order valence-corrected chi connectivity index (χ0v) is 16.5. The van der Waals surface area contributed by atoms with E-state index in [1.165, 1.54) is 18.4 Å². The SMILES string of the molecule is O=C(NC[C@@H](c1ccccc1)N1CCCC1)c1c[nH]c(=S)n1-c1ccccc1. The first kappa shape index (κ1) is 18.7. The predicted octanol–water partition coefficient (Wildman–Crippen LogP) is 4.10. The molecule has 1 amide bonds. The van der Waals surface area contributed by atoms with Gasteiger partial charge in [-0.3, -0.25) is 14.3 Å². The van der Waals surface area contributed by atoms with Gasteiger partial charge in [-0.1, -0.05) is 48.5 Å². The molecule has 1 saturated heterocycles. The Kier molecular flexibility index (Phi) is 5.69. The summed E-state index contributed by atoms with van der Waals surface area (Å²) in [5.74, 6) is -0.128. The normalized spacial score (nSPS) is 15.4. The first-order chi connectivity index (χ1) is 13.7. The van der Waals surface area contributed by atoms with Crippen LogP contribution in [0.25, 0.3) is 5.69 Å². The Morgan fingerprint density at radius 2 is 1.68 bits per heavy atom. The summed E-state index contributed by atoms with van der Waals surface area (Å²) in [6.07, 6.45) is 4.10. The van der Waals surface area contributed by atoms with Crippen LogP contribution < -0.4 is 5.32 Å². The van der Waals surface area contributed by atoms with Crippen LogP contribution in [0.1, 0.15) is 34.9 Å². The second kappa shape index (κ2) is 8.54. The number of nitrogens with zero attached hydrogens (tertiary/aromatic N) is 2. The highest BCUT2D eigenvalue weighted by Crippen LogP contribution is 2.24. The molecule has 0 spiro atoms. The molecule has 6 heteroatoms. The van der Waals surface area contributed by atoms with Crippen molar-refractivity contribution in [1.82, 2.24) is 19.8 Å². The lowest BCUT2D eigenvalue weighted by atomic mass is 10.1. The van der Waals surface area contributed by atoms with Crippen molar-refractivity contribution in [2.75, 3.05) is 19.6 Å². The molecule has 1 fully saturated rings. The third-order valence-electron chi connectivity index (χ3n) is 5.25. The molecule has 1 aliphatic rings. The summed E-state index contributed by atoms with van der Waals surface area (Å²) in [4.78, 5) is 18.4. The number of H-pyrrole nitrogens is 1. The van der Waals surface area contributed by atoms with Gasteiger partial charge >= 0.3 is 0 Å². The lowest BCUT2D eigenvalue weighted by Gasteiger charge is -2.28. The van der Waals surface area contributed by atoms with E-state index < -0.39 is 0 Å². The highest BCUT2D eigenvalue weighted by atomic mass is 32.1. The number of likely N-dealkylation sites (tertiary alicyclic amines) is 1. The maximum absolute atomic E-state index is 13.0. The molecule has 2 heterocycles. The van der Waals surface area contributed by atoms with Crippen molar-refractivity contribution in [3.05, 3.63) is 82.9 Å². The minimum absolute atomic E-state index is 0.128. The molecule has 4 rings (SSSR count). The average Bonchev–Trinajstić information content (AvgIpc) is 3.39. The van der Waals surface area contributed by atoms with Crippen LogP contribution >= 0.6 is 12.2 Å². The van der Waals surface area contributed by atoms with Crippen molar-refractivity contribution in [2.45, 2.75) is 18.9 Å². The number of aromatic nitrogens is 2. The van der Waals surface area contributed by atoms with Crippen molar-refractivity contribution < 1.29 is 4.79 Å². The molecule has 144 valence electrons. The van der Waals surface area contributed by atoms with Crippen molar-refractivity contribution in [3.63, 3.8) is 0 Å². The monoisotopic (exact) mass is 392 g/mol. The van der Waals surface area contributed by atoms with Gasteiger partial charge in [-0.2, -0.15) is 0 Å². The molecule has 0 bridgehead atoms. The maximum Gasteiger partial charge on any atom is 0.269 e. The molecule has 3 aromatic rings. The highest BCUT2D eigenvalue weighted by molar-refractivity contribution is 7.71. The largest absolute Gasteiger partial charge is 0.349 e. The van der Waals surface area contributed by atoms with E-state index in [0.29, 0.717) is 17.0 Å². The van der Waals surface area contributed by atoms with Crippen LogP contribution in [0.3, 0.4) is 0 Å². The van der Waals surface area contributed by atoms with E-state index in [1.54, 1.807) is 10.8 Å². The molecule has 1 aliphatic heterocycles. The van der Waals surface area contributed by atoms with Crippen LogP contribution in [-0.2, 0) is 0 Å². The number of benzene rings is 2. The third-order valence-corrected chi connectivity index (χ3v) is 5.55. The first-order valence-corrected chi connectivity index (χ1v) is 10.1. The van der Waals surface area contributed by atoms with Gasteiger partial charge in [0.25, 0.3) is 5.91 Å². The van der Waals surface area contributed by atoms with E-state index in [4.69, 9.17) is 12.2 Å². The number of hydrogen-bond donors (Lipinski definition) is 2. The molecule has 28 heavy (non-hydrogen) atoms. The molecule has 1 atom stereocenters. The van der Waals surface area contributed by atoms with E-state index in [0.717, 1.165) is 18.8 Å². The second-order valence-electron chi connectivity index (χ2n) is 7.03. The number of hydrogen-bond acceptors (Lipinski definition) is 3. The van der Waals surface area contributed by atoms with Gasteiger partial charge in [0.05, 0.1) is 6.04 Å². The third kappa shape index (κ3) is 3.93. The summed E-state index contributed by atoms with van der Waals surface area (Å²) in [6, 6.07) is 20.3. The molecule has 2 N–H and O–H groups in total. The van der Waals surface area contributed by atoms with E-state index in [9.17, 15) is 4.79 Å². The minimum Gasteiger partial charge on any atom is -0.349 e. The van der Waals surface area contributed by atoms with Crippen molar-refractivity contribution in [1.29, 1.82) is 0 Å². The van der Waals surface area contributed by atoms with Gasteiger partial charge in [0.1, 0.15) is 5.69 Å². The molecule has 0 saturated carbocycles. The molecule has 1 aromatic heterocycles. The number of para-hydroxylation sites is 1. The van der Waals surface area contributed by atoms with Gasteiger partial charge in [0.15, 0.2) is 4.77 Å². The fourth-order valence-corrected chi connectivity index (χ4v) is 4.10. The Hall–Kier alpha value is -2.70. The Morgan fingerprint density at radius 1 is 1.04 bits per heavy atom. The number of carbonyl (C=O) groups is 1. The lowest BCUT2D eigenvalue weighted by Crippen LogP contribution is -2.37. The second-order valence-corrected chi connectivity index (χ2v) is 7.42. The number of imidazole rings is 1. The fourth-order valence-electron chi connectivity index (χ4n) is 3.84. The van der Waals surface area contributed by atoms with Gasteiger partial charge in [-0.15, -0.1) is 0 Å². The van der Waals surface area contributed by atoms with E-state index in [-0.39, 0.29) is 11.9 Å². The molecule has 0 radical (unpaired) electrons. The van der Waals surface area contributed by atoms with Crippen LogP contribution in [0.15, 0.2) is 66.9 Å². The Labute approximate surface area is 170 Å². The van der Waals surface area contributed by atoms with Crippen molar-refractivity contribution in [2.24, 2.45) is 0 Å². The summed E-state index contributed by atoms with van der Waals surface area (Å²) in [5, 5.41) is 3.13. The fraction of sp³-hybridized carbons (Fsp3) is 0.273. The van der Waals surface area contributed by atoms with Crippen molar-refractivity contribution in [3.8, 4) is 5.69 Å². The number of amides is 1. The number of rotatable bonds is 6. The number of aromatic amines is 1. The van der Waals surface area contributed by atoms with Gasteiger partial charge in [0.2, 0.25) is 0 Å². The summed E-state index contributed by atoms with van der Waals surface area (Å²) in [6.45, 7) is 2.70. The van der Waals surface area contributed by atoms with E-state index >= 15 is 0 Å². The van der Waals surface area contributed by atoms with Crippen LogP contribution in [0.5, 0.6) is 0 Å². The van der Waals surface area contributed by atoms with E-state index in [1.807, 2.05) is 36.4 Å². The quantitative estimate of drug-likeness (QED) is 0.621. The van der Waals surface area contributed by atoms with Crippen LogP contribution in [0, 0.1) is 4.77 Å². The summed E-state index contributed by atoms with van der Waals surface area (Å²) < 4.78 is 2.29. The standard InChI is InChI=1S/C22H24N4OS/c27-21(20-16-24-22(28)26(20)18-11-5-2-6-12-18)23-15-19(25-13-7-8-14-25)17-9-3-1-4-10-17/h1-6,9-12,16,19H,7-8,13-15H2,(H,23,27)(H,24,28)/t19-/m0/s1. The molecule has 0 aliphatic carbocycles. The van der Waals surface area contributed by atoms with Gasteiger partial charge in [-0.25, -0.2) is 0 Å². The average molecular weight is 393 g/mol. The van der Waals surface area contributed by atoms with Gasteiger partial charge < -0.3 is 10.3 Å². The lowest BCUT2D eigenvalue weighted by molar-refractivity contribution is 0.0931.